The van der Waals surface area contributed by atoms with Crippen LogP contribution in [0.1, 0.15) is 81.2 Å². The number of amides is 4. The molecule has 2 aliphatic heterocycles. The van der Waals surface area contributed by atoms with E-state index in [1.165, 1.54) is 28.5 Å². The molecule has 2 N–H and O–H groups in total. The predicted molar refractivity (Wildman–Crippen MR) is 231 cm³/mol. The van der Waals surface area contributed by atoms with E-state index in [9.17, 15) is 56.0 Å². The van der Waals surface area contributed by atoms with Crippen LogP contribution in [0.3, 0.4) is 0 Å². The number of alkyl halides is 6. The summed E-state index contributed by atoms with van der Waals surface area (Å²) in [6, 6.07) is 21.2. The molecule has 67 heavy (non-hydrogen) atoms. The van der Waals surface area contributed by atoms with Crippen LogP contribution in [-0.2, 0) is 21.8 Å². The molecule has 2 saturated heterocycles. The van der Waals surface area contributed by atoms with Crippen LogP contribution in [0.4, 0.5) is 53.3 Å². The van der Waals surface area contributed by atoms with Gasteiger partial charge in [-0.2, -0.15) is 36.9 Å². The van der Waals surface area contributed by atoms with Crippen LogP contribution in [0.15, 0.2) is 66.7 Å². The second-order valence-corrected chi connectivity index (χ2v) is 15.0. The van der Waals surface area contributed by atoms with Crippen molar-refractivity contribution in [3.63, 3.8) is 0 Å². The second kappa shape index (κ2) is 22.0. The number of aryl methyl sites for hydroxylation is 1. The maximum Gasteiger partial charge on any atom is 0.434 e. The number of benzene rings is 2. The average molecular weight is 937 g/mol. The first-order valence-corrected chi connectivity index (χ1v) is 20.9. The standard InChI is InChI=1S/C23H24F3N5O3.C22H22F3N5O3/c1-3-34-21(32)18-13-17(14-27)20(29-19(18)23(24,25)26)30-9-11-31(12-10-30)22(33)28-15(2)16-7-5-4-6-8-16;1-3-33-20(31)17-12-15(13-26)19(28-18(17)22(23,24)25)29-7-9-30(10-8-29)21(32)27-16-6-4-5-14(2)11-16/h4-8,13,15H,3,9-12H2,1-2H3,(H,28,33);4-6,11-12H,3,7-10H2,1-2H3,(H,27,32)/t15-;/m0./s1. The molecule has 0 saturated carbocycles. The average Bonchev–Trinajstić information content (AvgIpc) is 3.30. The molecule has 16 nitrogen and oxygen atoms in total. The molecule has 2 aromatic carbocycles. The Morgan fingerprint density at radius 3 is 1.52 bits per heavy atom. The molecule has 2 aromatic heterocycles. The topological polar surface area (TPSA) is 197 Å². The molecule has 4 amide bonds. The van der Waals surface area contributed by atoms with E-state index in [-0.39, 0.29) is 106 Å². The van der Waals surface area contributed by atoms with Crippen molar-refractivity contribution < 1.29 is 55.0 Å². The fraction of sp³-hybridized carbons (Fsp3) is 0.378. The lowest BCUT2D eigenvalue weighted by Crippen LogP contribution is -2.52. The minimum atomic E-state index is -4.92. The number of hydrogen-bond acceptors (Lipinski definition) is 12. The van der Waals surface area contributed by atoms with Crippen LogP contribution < -0.4 is 20.4 Å². The third-order valence-corrected chi connectivity index (χ3v) is 10.4. The molecule has 4 heterocycles. The molecular formula is C45H46F6N10O6. The van der Waals surface area contributed by atoms with E-state index in [0.29, 0.717) is 5.69 Å². The van der Waals surface area contributed by atoms with E-state index >= 15 is 0 Å². The SMILES string of the molecule is CCOC(=O)c1cc(C#N)c(N2CCN(C(=O)N[C@@H](C)c3ccccc3)CC2)nc1C(F)(F)F.CCOC(=O)c1cc(C#N)c(N2CCN(C(=O)Nc3cccc(C)c3)CC2)nc1C(F)(F)F. The lowest BCUT2D eigenvalue weighted by atomic mass is 10.1. The largest absolute Gasteiger partial charge is 0.462 e. The molecule has 2 aliphatic rings. The first-order valence-electron chi connectivity index (χ1n) is 20.9. The van der Waals surface area contributed by atoms with Crippen molar-refractivity contribution in [1.82, 2.24) is 25.1 Å². The van der Waals surface area contributed by atoms with E-state index in [1.807, 2.05) is 74.5 Å². The van der Waals surface area contributed by atoms with Gasteiger partial charge in [0.2, 0.25) is 0 Å². The van der Waals surface area contributed by atoms with Gasteiger partial charge in [-0.3, -0.25) is 0 Å². The number of carbonyl (C=O) groups excluding carboxylic acids is 4. The maximum absolute atomic E-state index is 13.6. The number of ether oxygens (including phenoxy) is 2. The molecule has 354 valence electrons. The Hall–Kier alpha value is -7.62. The zero-order valence-corrected chi connectivity index (χ0v) is 36.8. The molecule has 1 atom stereocenters. The summed E-state index contributed by atoms with van der Waals surface area (Å²) < 4.78 is 91.1. The zero-order chi connectivity index (χ0) is 49.1. The molecule has 0 spiro atoms. The normalized spacial score (nSPS) is 14.4. The molecular weight excluding hydrogens is 891 g/mol. The van der Waals surface area contributed by atoms with Crippen molar-refractivity contribution in [3.05, 3.63) is 111 Å². The van der Waals surface area contributed by atoms with Crippen LogP contribution in [0.25, 0.3) is 0 Å². The van der Waals surface area contributed by atoms with Gasteiger partial charge in [0.25, 0.3) is 0 Å². The van der Waals surface area contributed by atoms with Crippen LogP contribution >= 0.6 is 0 Å². The van der Waals surface area contributed by atoms with Gasteiger partial charge in [-0.05, 0) is 63.1 Å². The first kappa shape index (κ1) is 50.4. The van der Waals surface area contributed by atoms with Crippen molar-refractivity contribution in [3.8, 4) is 12.1 Å². The molecule has 0 bridgehead atoms. The van der Waals surface area contributed by atoms with Crippen LogP contribution in [-0.4, -0.2) is 109 Å². The molecule has 0 radical (unpaired) electrons. The van der Waals surface area contributed by atoms with Gasteiger partial charge in [0.05, 0.1) is 41.5 Å². The van der Waals surface area contributed by atoms with Gasteiger partial charge in [-0.1, -0.05) is 42.5 Å². The summed E-state index contributed by atoms with van der Waals surface area (Å²) in [5.74, 6) is -2.75. The van der Waals surface area contributed by atoms with E-state index in [1.54, 1.807) is 11.0 Å². The van der Waals surface area contributed by atoms with Crippen molar-refractivity contribution in [1.29, 1.82) is 10.5 Å². The van der Waals surface area contributed by atoms with Gasteiger partial charge in [0.1, 0.15) is 23.8 Å². The number of carbonyl (C=O) groups is 4. The smallest absolute Gasteiger partial charge is 0.434 e. The minimum absolute atomic E-state index is 0.118. The molecule has 6 rings (SSSR count). The summed E-state index contributed by atoms with van der Waals surface area (Å²) in [6.07, 6.45) is -9.83. The summed E-state index contributed by atoms with van der Waals surface area (Å²) in [6.45, 7) is 8.00. The fourth-order valence-electron chi connectivity index (χ4n) is 7.08. The van der Waals surface area contributed by atoms with Crippen molar-refractivity contribution in [2.45, 2.75) is 46.1 Å². The van der Waals surface area contributed by atoms with Crippen molar-refractivity contribution in [2.75, 3.05) is 80.7 Å². The monoisotopic (exact) mass is 936 g/mol. The molecule has 0 unspecified atom stereocenters. The Balaban J connectivity index is 0.000000251. The number of rotatable bonds is 9. The van der Waals surface area contributed by atoms with Crippen LogP contribution in [0.5, 0.6) is 0 Å². The highest BCUT2D eigenvalue weighted by molar-refractivity contribution is 5.93. The Morgan fingerprint density at radius 1 is 0.672 bits per heavy atom. The number of piperazine rings is 2. The van der Waals surface area contributed by atoms with Gasteiger partial charge >= 0.3 is 36.4 Å². The van der Waals surface area contributed by atoms with Gasteiger partial charge in [0.15, 0.2) is 11.4 Å². The van der Waals surface area contributed by atoms with Gasteiger partial charge in [0, 0.05) is 58.0 Å². The van der Waals surface area contributed by atoms with E-state index in [2.05, 4.69) is 20.6 Å². The first-order chi connectivity index (χ1) is 31.8. The number of esters is 2. The highest BCUT2D eigenvalue weighted by atomic mass is 19.4. The van der Waals surface area contributed by atoms with Crippen LogP contribution in [0.2, 0.25) is 0 Å². The summed E-state index contributed by atoms with van der Waals surface area (Å²) in [5.41, 5.74) is -2.21. The number of nitrogens with one attached hydrogen (secondary N) is 2. The number of nitrogens with zero attached hydrogens (tertiary/aromatic N) is 8. The summed E-state index contributed by atoms with van der Waals surface area (Å²) in [5, 5.41) is 24.7. The number of anilines is 3. The number of urea groups is 2. The Kier molecular flexibility index (Phi) is 16.6. The van der Waals surface area contributed by atoms with Crippen LogP contribution in [0, 0.1) is 29.6 Å². The number of halogens is 6. The molecule has 0 aliphatic carbocycles. The minimum Gasteiger partial charge on any atom is -0.462 e. The number of aromatic nitrogens is 2. The second-order valence-electron chi connectivity index (χ2n) is 15.0. The zero-order valence-electron chi connectivity index (χ0n) is 36.8. The lowest BCUT2D eigenvalue weighted by Gasteiger charge is -2.36. The predicted octanol–water partition coefficient (Wildman–Crippen LogP) is 7.55. The van der Waals surface area contributed by atoms with Gasteiger partial charge in [-0.25, -0.2) is 29.1 Å². The number of hydrogen-bond donors (Lipinski definition) is 2. The Labute approximate surface area is 381 Å². The van der Waals surface area contributed by atoms with Crippen molar-refractivity contribution in [2.24, 2.45) is 0 Å². The third-order valence-electron chi connectivity index (χ3n) is 10.4. The molecule has 22 heteroatoms. The van der Waals surface area contributed by atoms with Gasteiger partial charge in [-0.15, -0.1) is 0 Å². The molecule has 2 fully saturated rings. The number of nitriles is 2. The van der Waals surface area contributed by atoms with E-state index in [0.717, 1.165) is 23.3 Å². The maximum atomic E-state index is 13.6. The highest BCUT2D eigenvalue weighted by Crippen LogP contribution is 2.36. The summed E-state index contributed by atoms with van der Waals surface area (Å²) in [7, 11) is 0. The summed E-state index contributed by atoms with van der Waals surface area (Å²) in [4.78, 5) is 62.6. The fourth-order valence-corrected chi connectivity index (χ4v) is 7.08. The lowest BCUT2D eigenvalue weighted by molar-refractivity contribution is -0.142. The van der Waals surface area contributed by atoms with Crippen molar-refractivity contribution >= 4 is 41.3 Å². The number of pyridine rings is 2. The Bertz CT molecular complexity index is 2510. The Morgan fingerprint density at radius 2 is 1.12 bits per heavy atom. The van der Waals surface area contributed by atoms with E-state index in [4.69, 9.17) is 9.47 Å². The quantitative estimate of drug-likeness (QED) is 0.124. The third kappa shape index (κ3) is 12.8. The van der Waals surface area contributed by atoms with E-state index < -0.39 is 46.8 Å². The molecule has 4 aromatic rings. The van der Waals surface area contributed by atoms with Gasteiger partial charge < -0.3 is 39.7 Å². The summed E-state index contributed by atoms with van der Waals surface area (Å²) >= 11 is 0. The highest BCUT2D eigenvalue weighted by Gasteiger charge is 2.41.